The number of nitrogens with zero attached hydrogens (tertiary/aromatic N) is 1. The highest BCUT2D eigenvalue weighted by Crippen LogP contribution is 2.33. The molecule has 1 N–H and O–H groups in total. The number of methoxy groups -OCH3 is 2. The molecule has 130 valence electrons. The molecular formula is C19H20N2O4. The summed E-state index contributed by atoms with van der Waals surface area (Å²) in [5, 5.41) is 11.6. The van der Waals surface area contributed by atoms with Gasteiger partial charge in [0, 0.05) is 11.8 Å². The van der Waals surface area contributed by atoms with Crippen LogP contribution in [0.1, 0.15) is 18.1 Å². The van der Waals surface area contributed by atoms with Crippen LogP contribution in [0.4, 0.5) is 5.69 Å². The summed E-state index contributed by atoms with van der Waals surface area (Å²) in [5.74, 6) is 1.36. The van der Waals surface area contributed by atoms with Crippen molar-refractivity contribution in [1.29, 1.82) is 5.26 Å². The summed E-state index contributed by atoms with van der Waals surface area (Å²) >= 11 is 0. The van der Waals surface area contributed by atoms with E-state index < -0.39 is 6.10 Å². The number of carbonyl (C=O) groups is 1. The SMILES string of the molecule is COc1cc(C)c(NC(=O)C(C)Oc2ccc(C#N)cc2)cc1OC. The predicted molar refractivity (Wildman–Crippen MR) is 94.2 cm³/mol. The summed E-state index contributed by atoms with van der Waals surface area (Å²) < 4.78 is 16.1. The van der Waals surface area contributed by atoms with Crippen LogP contribution in [0.3, 0.4) is 0 Å². The second-order valence-electron chi connectivity index (χ2n) is 5.41. The Balaban J connectivity index is 2.09. The first-order chi connectivity index (χ1) is 12.0. The van der Waals surface area contributed by atoms with Crippen LogP contribution in [0.5, 0.6) is 17.2 Å². The number of amides is 1. The van der Waals surface area contributed by atoms with Crippen LogP contribution in [-0.4, -0.2) is 26.2 Å². The van der Waals surface area contributed by atoms with Crippen molar-refractivity contribution in [2.75, 3.05) is 19.5 Å². The number of carbonyl (C=O) groups excluding carboxylic acids is 1. The average molecular weight is 340 g/mol. The normalized spacial score (nSPS) is 11.2. The first kappa shape index (κ1) is 18.1. The van der Waals surface area contributed by atoms with Gasteiger partial charge >= 0.3 is 0 Å². The Kier molecular flexibility index (Phi) is 5.85. The van der Waals surface area contributed by atoms with Crippen molar-refractivity contribution in [2.24, 2.45) is 0 Å². The fraction of sp³-hybridized carbons (Fsp3) is 0.263. The number of ether oxygens (including phenoxy) is 3. The van der Waals surface area contributed by atoms with Gasteiger partial charge in [0.1, 0.15) is 5.75 Å². The van der Waals surface area contributed by atoms with Gasteiger partial charge in [-0.25, -0.2) is 0 Å². The lowest BCUT2D eigenvalue weighted by Crippen LogP contribution is -2.30. The Hall–Kier alpha value is -3.20. The first-order valence-corrected chi connectivity index (χ1v) is 7.68. The van der Waals surface area contributed by atoms with Crippen LogP contribution in [0.2, 0.25) is 0 Å². The third-order valence-corrected chi connectivity index (χ3v) is 3.65. The van der Waals surface area contributed by atoms with Gasteiger partial charge < -0.3 is 19.5 Å². The highest BCUT2D eigenvalue weighted by molar-refractivity contribution is 5.95. The topological polar surface area (TPSA) is 80.6 Å². The second kappa shape index (κ2) is 8.06. The molecule has 0 fully saturated rings. The molecule has 0 saturated heterocycles. The van der Waals surface area contributed by atoms with Crippen molar-refractivity contribution in [3.8, 4) is 23.3 Å². The molecular weight excluding hydrogens is 320 g/mol. The minimum atomic E-state index is -0.708. The molecule has 6 nitrogen and oxygen atoms in total. The zero-order valence-electron chi connectivity index (χ0n) is 14.6. The van der Waals surface area contributed by atoms with Crippen LogP contribution in [0, 0.1) is 18.3 Å². The molecule has 1 unspecified atom stereocenters. The van der Waals surface area contributed by atoms with Gasteiger partial charge in [0.2, 0.25) is 0 Å². The van der Waals surface area contributed by atoms with Crippen molar-refractivity contribution in [3.05, 3.63) is 47.5 Å². The van der Waals surface area contributed by atoms with Crippen LogP contribution in [0.25, 0.3) is 0 Å². The van der Waals surface area contributed by atoms with Gasteiger partial charge in [-0.15, -0.1) is 0 Å². The fourth-order valence-corrected chi connectivity index (χ4v) is 2.22. The molecule has 0 saturated carbocycles. The van der Waals surface area contributed by atoms with Gasteiger partial charge in [0.15, 0.2) is 17.6 Å². The molecule has 2 aromatic carbocycles. The molecule has 0 spiro atoms. The number of rotatable bonds is 6. The summed E-state index contributed by atoms with van der Waals surface area (Å²) in [5.41, 5.74) is 2.00. The average Bonchev–Trinajstić information content (AvgIpc) is 2.63. The molecule has 1 amide bonds. The maximum absolute atomic E-state index is 12.4. The smallest absolute Gasteiger partial charge is 0.265 e. The molecule has 2 aromatic rings. The third-order valence-electron chi connectivity index (χ3n) is 3.65. The van der Waals surface area contributed by atoms with Crippen LogP contribution in [0.15, 0.2) is 36.4 Å². The number of nitriles is 1. The van der Waals surface area contributed by atoms with Gasteiger partial charge in [0.05, 0.1) is 25.9 Å². The van der Waals surface area contributed by atoms with Gasteiger partial charge in [-0.05, 0) is 49.7 Å². The molecule has 0 aliphatic rings. The molecule has 0 radical (unpaired) electrons. The molecule has 25 heavy (non-hydrogen) atoms. The van der Waals surface area contributed by atoms with Crippen molar-refractivity contribution >= 4 is 11.6 Å². The Morgan fingerprint density at radius 2 is 1.72 bits per heavy atom. The first-order valence-electron chi connectivity index (χ1n) is 7.68. The van der Waals surface area contributed by atoms with E-state index >= 15 is 0 Å². The van der Waals surface area contributed by atoms with E-state index in [2.05, 4.69) is 5.32 Å². The van der Waals surface area contributed by atoms with Crippen LogP contribution in [-0.2, 0) is 4.79 Å². The number of hydrogen-bond acceptors (Lipinski definition) is 5. The minimum Gasteiger partial charge on any atom is -0.493 e. The zero-order chi connectivity index (χ0) is 18.4. The number of nitrogens with one attached hydrogen (secondary N) is 1. The Labute approximate surface area is 146 Å². The monoisotopic (exact) mass is 340 g/mol. The van der Waals surface area contributed by atoms with Crippen molar-refractivity contribution in [1.82, 2.24) is 0 Å². The molecule has 0 aromatic heterocycles. The lowest BCUT2D eigenvalue weighted by atomic mass is 10.1. The third kappa shape index (κ3) is 4.42. The lowest BCUT2D eigenvalue weighted by Gasteiger charge is -2.17. The molecule has 0 heterocycles. The van der Waals surface area contributed by atoms with E-state index in [1.165, 1.54) is 7.11 Å². The zero-order valence-corrected chi connectivity index (χ0v) is 14.6. The minimum absolute atomic E-state index is 0.292. The van der Waals surface area contributed by atoms with E-state index in [1.807, 2.05) is 13.0 Å². The fourth-order valence-electron chi connectivity index (χ4n) is 2.22. The van der Waals surface area contributed by atoms with E-state index in [0.717, 1.165) is 5.56 Å². The molecule has 0 bridgehead atoms. The van der Waals surface area contributed by atoms with Gasteiger partial charge in [-0.1, -0.05) is 0 Å². The van der Waals surface area contributed by atoms with E-state index in [9.17, 15) is 4.79 Å². The maximum Gasteiger partial charge on any atom is 0.265 e. The van der Waals surface area contributed by atoms with Gasteiger partial charge in [0.25, 0.3) is 5.91 Å². The van der Waals surface area contributed by atoms with Crippen molar-refractivity contribution < 1.29 is 19.0 Å². The highest BCUT2D eigenvalue weighted by atomic mass is 16.5. The number of hydrogen-bond donors (Lipinski definition) is 1. The molecule has 1 atom stereocenters. The number of aryl methyl sites for hydroxylation is 1. The van der Waals surface area contributed by atoms with Crippen LogP contribution >= 0.6 is 0 Å². The molecule has 0 aliphatic carbocycles. The molecule has 2 rings (SSSR count). The summed E-state index contributed by atoms with van der Waals surface area (Å²) in [7, 11) is 3.10. The van der Waals surface area contributed by atoms with Crippen LogP contribution < -0.4 is 19.5 Å². The predicted octanol–water partition coefficient (Wildman–Crippen LogP) is 3.29. The summed E-state index contributed by atoms with van der Waals surface area (Å²) in [6.45, 7) is 3.52. The summed E-state index contributed by atoms with van der Waals surface area (Å²) in [4.78, 5) is 12.4. The van der Waals surface area contributed by atoms with E-state index in [-0.39, 0.29) is 5.91 Å². The molecule has 6 heteroatoms. The van der Waals surface area contributed by atoms with Crippen molar-refractivity contribution in [3.63, 3.8) is 0 Å². The van der Waals surface area contributed by atoms with Gasteiger partial charge in [-0.3, -0.25) is 4.79 Å². The Morgan fingerprint density at radius 3 is 2.28 bits per heavy atom. The molecule has 0 aliphatic heterocycles. The number of benzene rings is 2. The standard InChI is InChI=1S/C19H20N2O4/c1-12-9-17(23-3)18(24-4)10-16(12)21-19(22)13(2)25-15-7-5-14(11-20)6-8-15/h5-10,13H,1-4H3,(H,21,22). The highest BCUT2D eigenvalue weighted by Gasteiger charge is 2.17. The second-order valence-corrected chi connectivity index (χ2v) is 5.41. The quantitative estimate of drug-likeness (QED) is 0.873. The van der Waals surface area contributed by atoms with E-state index in [1.54, 1.807) is 50.4 Å². The largest absolute Gasteiger partial charge is 0.493 e. The van der Waals surface area contributed by atoms with Gasteiger partial charge in [-0.2, -0.15) is 5.26 Å². The Bertz CT molecular complexity index is 794. The lowest BCUT2D eigenvalue weighted by molar-refractivity contribution is -0.122. The van der Waals surface area contributed by atoms with Crippen molar-refractivity contribution in [2.45, 2.75) is 20.0 Å². The summed E-state index contributed by atoms with van der Waals surface area (Å²) in [6, 6.07) is 12.1. The number of anilines is 1. The Morgan fingerprint density at radius 1 is 1.12 bits per heavy atom. The maximum atomic E-state index is 12.4. The van der Waals surface area contributed by atoms with E-state index in [0.29, 0.717) is 28.5 Å². The summed E-state index contributed by atoms with van der Waals surface area (Å²) in [6.07, 6.45) is -0.708. The van der Waals surface area contributed by atoms with E-state index in [4.69, 9.17) is 19.5 Å².